The van der Waals surface area contributed by atoms with Crippen LogP contribution in [0.1, 0.15) is 11.1 Å². The molecule has 4 nitrogen and oxygen atoms in total. The number of para-hydroxylation sites is 1. The van der Waals surface area contributed by atoms with Crippen LogP contribution in [0.3, 0.4) is 0 Å². The molecule has 0 aliphatic heterocycles. The molecular weight excluding hydrogens is 332 g/mol. The van der Waals surface area contributed by atoms with Gasteiger partial charge in [0.2, 0.25) is 0 Å². The molecule has 0 fully saturated rings. The van der Waals surface area contributed by atoms with Crippen molar-refractivity contribution in [1.82, 2.24) is 0 Å². The summed E-state index contributed by atoms with van der Waals surface area (Å²) in [4.78, 5) is 12.9. The normalized spacial score (nSPS) is 11.7. The molecular formula is C20H16N2O2S. The third kappa shape index (κ3) is 3.89. The number of rotatable bonds is 5. The minimum Gasteiger partial charge on any atom is -0.398 e. The Balaban J connectivity index is 2.22. The molecule has 0 saturated carbocycles. The smallest absolute Gasteiger partial charge is 0.290 e. The predicted octanol–water partition coefficient (Wildman–Crippen LogP) is 5.16. The first-order valence-corrected chi connectivity index (χ1v) is 8.50. The van der Waals surface area contributed by atoms with E-state index in [2.05, 4.69) is 0 Å². The Labute approximate surface area is 150 Å². The second-order valence-corrected chi connectivity index (χ2v) is 6.36. The molecule has 5 heteroatoms. The third-order valence-electron chi connectivity index (χ3n) is 3.61. The van der Waals surface area contributed by atoms with Crippen molar-refractivity contribution in [3.05, 3.63) is 106 Å². The molecule has 0 aliphatic rings. The molecule has 0 unspecified atom stereocenters. The number of hydrogen-bond acceptors (Lipinski definition) is 4. The molecule has 3 aromatic rings. The van der Waals surface area contributed by atoms with E-state index in [1.165, 1.54) is 11.8 Å². The summed E-state index contributed by atoms with van der Waals surface area (Å²) >= 11 is 1.31. The van der Waals surface area contributed by atoms with Crippen LogP contribution in [0.4, 0.5) is 5.69 Å². The molecule has 0 bridgehead atoms. The number of nitrogen functional groups attached to an aromatic ring is 1. The highest BCUT2D eigenvalue weighted by molar-refractivity contribution is 8.08. The van der Waals surface area contributed by atoms with E-state index in [0.29, 0.717) is 16.2 Å². The fraction of sp³-hybridized carbons (Fsp3) is 0. The van der Waals surface area contributed by atoms with Gasteiger partial charge in [-0.15, -0.1) is 0 Å². The summed E-state index contributed by atoms with van der Waals surface area (Å²) in [6.45, 7) is 0. The van der Waals surface area contributed by atoms with Crippen LogP contribution in [0.2, 0.25) is 0 Å². The average Bonchev–Trinajstić information content (AvgIpc) is 2.64. The van der Waals surface area contributed by atoms with Crippen LogP contribution in [0.5, 0.6) is 0 Å². The van der Waals surface area contributed by atoms with Crippen LogP contribution < -0.4 is 5.73 Å². The highest BCUT2D eigenvalue weighted by Crippen LogP contribution is 2.42. The Hall–Kier alpha value is -3.05. The van der Waals surface area contributed by atoms with Crippen LogP contribution >= 0.6 is 11.8 Å². The van der Waals surface area contributed by atoms with Crippen molar-refractivity contribution in [2.45, 2.75) is 4.90 Å². The van der Waals surface area contributed by atoms with Gasteiger partial charge in [0.15, 0.2) is 0 Å². The summed E-state index contributed by atoms with van der Waals surface area (Å²) in [6.07, 6.45) is 0. The van der Waals surface area contributed by atoms with E-state index in [1.807, 2.05) is 54.6 Å². The molecule has 0 radical (unpaired) electrons. The molecule has 0 heterocycles. The van der Waals surface area contributed by atoms with Gasteiger partial charge >= 0.3 is 0 Å². The van der Waals surface area contributed by atoms with Crippen molar-refractivity contribution in [3.63, 3.8) is 0 Å². The van der Waals surface area contributed by atoms with Gasteiger partial charge in [0.25, 0.3) is 5.70 Å². The molecule has 0 atom stereocenters. The lowest BCUT2D eigenvalue weighted by atomic mass is 10.1. The summed E-state index contributed by atoms with van der Waals surface area (Å²) in [6, 6.07) is 25.7. The zero-order chi connectivity index (χ0) is 17.6. The fourth-order valence-corrected chi connectivity index (χ4v) is 3.53. The topological polar surface area (TPSA) is 69.2 Å². The molecule has 0 aliphatic carbocycles. The maximum absolute atomic E-state index is 11.9. The minimum absolute atomic E-state index is 0.0695. The van der Waals surface area contributed by atoms with Crippen molar-refractivity contribution >= 4 is 28.1 Å². The van der Waals surface area contributed by atoms with Crippen LogP contribution in [0.15, 0.2) is 89.8 Å². The number of nitrogens with zero attached hydrogens (tertiary/aromatic N) is 1. The number of nitrogens with two attached hydrogens (primary N) is 1. The van der Waals surface area contributed by atoms with Crippen LogP contribution in [0, 0.1) is 10.1 Å². The number of thioether (sulfide) groups is 1. The molecule has 0 amide bonds. The highest BCUT2D eigenvalue weighted by atomic mass is 32.2. The van der Waals surface area contributed by atoms with Gasteiger partial charge in [-0.3, -0.25) is 10.1 Å². The van der Waals surface area contributed by atoms with Gasteiger partial charge in [0, 0.05) is 10.6 Å². The van der Waals surface area contributed by atoms with Gasteiger partial charge < -0.3 is 5.73 Å². The molecule has 25 heavy (non-hydrogen) atoms. The fourth-order valence-electron chi connectivity index (χ4n) is 2.43. The van der Waals surface area contributed by atoms with Crippen LogP contribution in [0.25, 0.3) is 10.6 Å². The molecule has 3 rings (SSSR count). The first kappa shape index (κ1) is 16.8. The standard InChI is InChI=1S/C20H16N2O2S/c21-17-13-7-8-14-18(17)25-20(16-11-5-2-6-12-16)19(22(23)24)15-9-3-1-4-10-15/h1-14H,21H2. The van der Waals surface area contributed by atoms with E-state index in [1.54, 1.807) is 30.3 Å². The Kier molecular flexibility index (Phi) is 5.16. The van der Waals surface area contributed by atoms with E-state index in [9.17, 15) is 10.1 Å². The molecule has 0 saturated heterocycles. The summed E-state index contributed by atoms with van der Waals surface area (Å²) in [5, 5.41) is 11.9. The van der Waals surface area contributed by atoms with E-state index < -0.39 is 0 Å². The van der Waals surface area contributed by atoms with Crippen LogP contribution in [-0.4, -0.2) is 4.92 Å². The maximum atomic E-state index is 11.9. The predicted molar refractivity (Wildman–Crippen MR) is 103 cm³/mol. The largest absolute Gasteiger partial charge is 0.398 e. The average molecular weight is 348 g/mol. The Morgan fingerprint density at radius 3 is 1.88 bits per heavy atom. The van der Waals surface area contributed by atoms with Crippen LogP contribution in [-0.2, 0) is 0 Å². The summed E-state index contributed by atoms with van der Waals surface area (Å²) in [5.74, 6) is 0. The van der Waals surface area contributed by atoms with E-state index in [4.69, 9.17) is 5.73 Å². The minimum atomic E-state index is -0.330. The number of anilines is 1. The zero-order valence-corrected chi connectivity index (χ0v) is 14.1. The molecule has 124 valence electrons. The Bertz CT molecular complexity index is 909. The maximum Gasteiger partial charge on any atom is 0.290 e. The van der Waals surface area contributed by atoms with Crippen molar-refractivity contribution in [1.29, 1.82) is 0 Å². The monoisotopic (exact) mass is 348 g/mol. The quantitative estimate of drug-likeness (QED) is 0.227. The van der Waals surface area contributed by atoms with Gasteiger partial charge in [-0.25, -0.2) is 0 Å². The Morgan fingerprint density at radius 1 is 0.800 bits per heavy atom. The Morgan fingerprint density at radius 2 is 1.32 bits per heavy atom. The highest BCUT2D eigenvalue weighted by Gasteiger charge is 2.23. The number of hydrogen-bond donors (Lipinski definition) is 1. The lowest BCUT2D eigenvalue weighted by Gasteiger charge is -2.11. The third-order valence-corrected chi connectivity index (χ3v) is 4.84. The van der Waals surface area contributed by atoms with E-state index >= 15 is 0 Å². The van der Waals surface area contributed by atoms with Gasteiger partial charge in [0.1, 0.15) is 0 Å². The summed E-state index contributed by atoms with van der Waals surface area (Å²) in [7, 11) is 0. The summed E-state index contributed by atoms with van der Waals surface area (Å²) in [5.41, 5.74) is 8.06. The molecule has 0 spiro atoms. The first-order valence-electron chi connectivity index (χ1n) is 7.68. The van der Waals surface area contributed by atoms with E-state index in [0.717, 1.165) is 10.5 Å². The van der Waals surface area contributed by atoms with Crippen molar-refractivity contribution < 1.29 is 4.92 Å². The lowest BCUT2D eigenvalue weighted by Crippen LogP contribution is -2.01. The number of nitro groups is 1. The van der Waals surface area contributed by atoms with Gasteiger partial charge in [0.05, 0.1) is 15.4 Å². The van der Waals surface area contributed by atoms with Gasteiger partial charge in [-0.05, 0) is 29.8 Å². The molecule has 2 N–H and O–H groups in total. The SMILES string of the molecule is Nc1ccccc1SC(=C(c1ccccc1)[N+](=O)[O-])c1ccccc1. The molecule has 3 aromatic carbocycles. The first-order chi connectivity index (χ1) is 12.2. The van der Waals surface area contributed by atoms with Crippen molar-refractivity contribution in [3.8, 4) is 0 Å². The zero-order valence-electron chi connectivity index (χ0n) is 13.3. The summed E-state index contributed by atoms with van der Waals surface area (Å²) < 4.78 is 0. The lowest BCUT2D eigenvalue weighted by molar-refractivity contribution is -0.374. The van der Waals surface area contributed by atoms with Gasteiger partial charge in [-0.2, -0.15) is 0 Å². The number of benzene rings is 3. The second-order valence-electron chi connectivity index (χ2n) is 5.31. The second kappa shape index (κ2) is 7.68. The van der Waals surface area contributed by atoms with Crippen molar-refractivity contribution in [2.24, 2.45) is 0 Å². The van der Waals surface area contributed by atoms with Crippen molar-refractivity contribution in [2.75, 3.05) is 5.73 Å². The van der Waals surface area contributed by atoms with Gasteiger partial charge in [-0.1, -0.05) is 72.4 Å². The molecule has 0 aromatic heterocycles. The van der Waals surface area contributed by atoms with E-state index in [-0.39, 0.29) is 10.6 Å².